The summed E-state index contributed by atoms with van der Waals surface area (Å²) in [4.78, 5) is 23.9. The minimum atomic E-state index is -1.37. The molecular formula is C14H17NO3. The molecule has 0 aromatic heterocycles. The maximum absolute atomic E-state index is 11.1. The summed E-state index contributed by atoms with van der Waals surface area (Å²) in [6.45, 7) is 2.15. The first kappa shape index (κ1) is 12.6. The molecule has 1 aromatic rings. The van der Waals surface area contributed by atoms with Gasteiger partial charge in [0.15, 0.2) is 0 Å². The van der Waals surface area contributed by atoms with Crippen molar-refractivity contribution in [2.75, 3.05) is 18.0 Å². The van der Waals surface area contributed by atoms with E-state index in [1.807, 2.05) is 24.3 Å². The molecule has 1 fully saturated rings. The number of rotatable bonds is 4. The van der Waals surface area contributed by atoms with Crippen LogP contribution in [0.5, 0.6) is 0 Å². The number of anilines is 1. The van der Waals surface area contributed by atoms with E-state index in [9.17, 15) is 9.59 Å². The molecule has 1 heterocycles. The lowest BCUT2D eigenvalue weighted by molar-refractivity contribution is -0.148. The summed E-state index contributed by atoms with van der Waals surface area (Å²) in [6.07, 6.45) is 3.70. The second kappa shape index (κ2) is 5.67. The molecule has 18 heavy (non-hydrogen) atoms. The molecule has 1 N–H and O–H groups in total. The Hall–Kier alpha value is -1.84. The summed E-state index contributed by atoms with van der Waals surface area (Å²) in [5.41, 5.74) is 1.91. The second-order valence-electron chi connectivity index (χ2n) is 4.62. The summed E-state index contributed by atoms with van der Waals surface area (Å²) in [7, 11) is 0. The van der Waals surface area contributed by atoms with Crippen LogP contribution in [0.2, 0.25) is 0 Å². The molecule has 1 aliphatic rings. The van der Waals surface area contributed by atoms with E-state index in [2.05, 4.69) is 4.90 Å². The lowest BCUT2D eigenvalue weighted by Gasteiger charge is -2.28. The van der Waals surface area contributed by atoms with Crippen LogP contribution in [0, 0.1) is 0 Å². The van der Waals surface area contributed by atoms with Gasteiger partial charge in [0, 0.05) is 25.2 Å². The van der Waals surface area contributed by atoms with Crippen molar-refractivity contribution in [3.05, 3.63) is 29.8 Å². The minimum Gasteiger partial charge on any atom is -0.475 e. The van der Waals surface area contributed by atoms with Crippen LogP contribution in [0.25, 0.3) is 0 Å². The van der Waals surface area contributed by atoms with E-state index in [4.69, 9.17) is 5.11 Å². The molecule has 0 atom stereocenters. The van der Waals surface area contributed by atoms with Gasteiger partial charge in [-0.2, -0.15) is 0 Å². The van der Waals surface area contributed by atoms with Gasteiger partial charge in [-0.1, -0.05) is 12.1 Å². The Labute approximate surface area is 106 Å². The van der Waals surface area contributed by atoms with Crippen molar-refractivity contribution in [2.45, 2.75) is 25.7 Å². The summed E-state index contributed by atoms with van der Waals surface area (Å²) in [6, 6.07) is 7.61. The van der Waals surface area contributed by atoms with Crippen LogP contribution in [-0.2, 0) is 16.0 Å². The summed E-state index contributed by atoms with van der Waals surface area (Å²) in [5, 5.41) is 8.54. The Kier molecular flexibility index (Phi) is 3.97. The summed E-state index contributed by atoms with van der Waals surface area (Å²) in [5.74, 6) is -2.13. The standard InChI is InChI=1S/C14H17NO3/c16-13(14(17)18)10-11-4-6-12(7-5-11)15-8-2-1-3-9-15/h4-7H,1-3,8-10H2,(H,17,18). The van der Waals surface area contributed by atoms with Crippen LogP contribution in [-0.4, -0.2) is 29.9 Å². The Balaban J connectivity index is 2.00. The van der Waals surface area contributed by atoms with Gasteiger partial charge in [-0.15, -0.1) is 0 Å². The number of carboxylic acid groups (broad SMARTS) is 1. The molecule has 0 saturated carbocycles. The van der Waals surface area contributed by atoms with Gasteiger partial charge in [-0.25, -0.2) is 4.79 Å². The average molecular weight is 247 g/mol. The topological polar surface area (TPSA) is 57.6 Å². The summed E-state index contributed by atoms with van der Waals surface area (Å²) >= 11 is 0. The first-order valence-corrected chi connectivity index (χ1v) is 6.27. The molecule has 0 amide bonds. The second-order valence-corrected chi connectivity index (χ2v) is 4.62. The van der Waals surface area contributed by atoms with Crippen LogP contribution >= 0.6 is 0 Å². The molecule has 0 unspecified atom stereocenters. The number of carboxylic acids is 1. The quantitative estimate of drug-likeness (QED) is 0.825. The lowest BCUT2D eigenvalue weighted by atomic mass is 10.1. The molecule has 4 heteroatoms. The number of hydrogen-bond donors (Lipinski definition) is 1. The fraction of sp³-hybridized carbons (Fsp3) is 0.429. The normalized spacial score (nSPS) is 15.4. The molecule has 4 nitrogen and oxygen atoms in total. The van der Waals surface area contributed by atoms with Gasteiger partial charge >= 0.3 is 5.97 Å². The van der Waals surface area contributed by atoms with E-state index in [1.54, 1.807) is 0 Å². The molecule has 0 spiro atoms. The van der Waals surface area contributed by atoms with E-state index in [-0.39, 0.29) is 6.42 Å². The van der Waals surface area contributed by atoms with Crippen molar-refractivity contribution in [3.8, 4) is 0 Å². The van der Waals surface area contributed by atoms with Crippen molar-refractivity contribution in [3.63, 3.8) is 0 Å². The Morgan fingerprint density at radius 2 is 1.67 bits per heavy atom. The largest absolute Gasteiger partial charge is 0.475 e. The third-order valence-electron chi connectivity index (χ3n) is 3.26. The van der Waals surface area contributed by atoms with E-state index in [0.29, 0.717) is 0 Å². The first-order valence-electron chi connectivity index (χ1n) is 6.27. The first-order chi connectivity index (χ1) is 8.66. The van der Waals surface area contributed by atoms with Crippen LogP contribution in [0.15, 0.2) is 24.3 Å². The fourth-order valence-electron chi connectivity index (χ4n) is 2.24. The highest BCUT2D eigenvalue weighted by Crippen LogP contribution is 2.20. The third kappa shape index (κ3) is 3.09. The van der Waals surface area contributed by atoms with Crippen molar-refractivity contribution in [2.24, 2.45) is 0 Å². The van der Waals surface area contributed by atoms with Gasteiger partial charge in [0.1, 0.15) is 0 Å². The number of benzene rings is 1. The van der Waals surface area contributed by atoms with E-state index in [1.165, 1.54) is 19.3 Å². The van der Waals surface area contributed by atoms with Gasteiger partial charge in [0.25, 0.3) is 0 Å². The SMILES string of the molecule is O=C(O)C(=O)Cc1ccc(N2CCCCC2)cc1. The lowest BCUT2D eigenvalue weighted by Crippen LogP contribution is -2.29. The zero-order valence-corrected chi connectivity index (χ0v) is 10.3. The van der Waals surface area contributed by atoms with Crippen molar-refractivity contribution < 1.29 is 14.7 Å². The molecule has 2 rings (SSSR count). The number of ketones is 1. The highest BCUT2D eigenvalue weighted by molar-refractivity contribution is 6.33. The van der Waals surface area contributed by atoms with Crippen LogP contribution < -0.4 is 4.90 Å². The Morgan fingerprint density at radius 1 is 1.06 bits per heavy atom. The van der Waals surface area contributed by atoms with Crippen LogP contribution in [0.3, 0.4) is 0 Å². The fourth-order valence-corrected chi connectivity index (χ4v) is 2.24. The molecular weight excluding hydrogens is 230 g/mol. The van der Waals surface area contributed by atoms with E-state index < -0.39 is 11.8 Å². The maximum atomic E-state index is 11.1. The van der Waals surface area contributed by atoms with E-state index >= 15 is 0 Å². The molecule has 1 aliphatic heterocycles. The van der Waals surface area contributed by atoms with Crippen molar-refractivity contribution >= 4 is 17.4 Å². The van der Waals surface area contributed by atoms with Crippen LogP contribution in [0.4, 0.5) is 5.69 Å². The maximum Gasteiger partial charge on any atom is 0.372 e. The van der Waals surface area contributed by atoms with Gasteiger partial charge in [0.05, 0.1) is 0 Å². The minimum absolute atomic E-state index is 0.0321. The molecule has 1 saturated heterocycles. The number of piperidine rings is 1. The zero-order valence-electron chi connectivity index (χ0n) is 10.3. The number of aliphatic carboxylic acids is 1. The molecule has 1 aromatic carbocycles. The van der Waals surface area contributed by atoms with Gasteiger partial charge in [-0.3, -0.25) is 4.79 Å². The molecule has 0 bridgehead atoms. The highest BCUT2D eigenvalue weighted by atomic mass is 16.4. The van der Waals surface area contributed by atoms with Gasteiger partial charge in [-0.05, 0) is 37.0 Å². The monoisotopic (exact) mass is 247 g/mol. The predicted molar refractivity (Wildman–Crippen MR) is 68.9 cm³/mol. The molecule has 0 aliphatic carbocycles. The zero-order chi connectivity index (χ0) is 13.0. The molecule has 0 radical (unpaired) electrons. The Morgan fingerprint density at radius 3 is 2.22 bits per heavy atom. The number of carbonyl (C=O) groups is 2. The third-order valence-corrected chi connectivity index (χ3v) is 3.26. The number of nitrogens with zero attached hydrogens (tertiary/aromatic N) is 1. The van der Waals surface area contributed by atoms with Crippen LogP contribution in [0.1, 0.15) is 24.8 Å². The van der Waals surface area contributed by atoms with Gasteiger partial charge in [0.2, 0.25) is 5.78 Å². The number of hydrogen-bond acceptors (Lipinski definition) is 3. The smallest absolute Gasteiger partial charge is 0.372 e. The van der Waals surface area contributed by atoms with Gasteiger partial charge < -0.3 is 10.0 Å². The highest BCUT2D eigenvalue weighted by Gasteiger charge is 2.13. The average Bonchev–Trinajstić information content (AvgIpc) is 2.40. The van der Waals surface area contributed by atoms with Crippen molar-refractivity contribution in [1.29, 1.82) is 0 Å². The Bertz CT molecular complexity index is 433. The number of carbonyl (C=O) groups excluding carboxylic acids is 1. The van der Waals surface area contributed by atoms with E-state index in [0.717, 1.165) is 24.3 Å². The molecule has 96 valence electrons. The van der Waals surface area contributed by atoms with Crippen molar-refractivity contribution in [1.82, 2.24) is 0 Å². The predicted octanol–water partition coefficient (Wildman–Crippen LogP) is 1.87. The number of Topliss-reactive ketones (excluding diaryl/α,β-unsaturated/α-hetero) is 1. The summed E-state index contributed by atoms with van der Waals surface area (Å²) < 4.78 is 0.